The van der Waals surface area contributed by atoms with Gasteiger partial charge in [-0.1, -0.05) is 18.2 Å². The van der Waals surface area contributed by atoms with Gasteiger partial charge in [0.15, 0.2) is 11.5 Å². The van der Waals surface area contributed by atoms with Crippen LogP contribution in [0.4, 0.5) is 5.69 Å². The number of nitrogens with one attached hydrogen (secondary N) is 1. The van der Waals surface area contributed by atoms with Gasteiger partial charge in [-0.25, -0.2) is 4.98 Å². The van der Waals surface area contributed by atoms with E-state index in [0.29, 0.717) is 45.5 Å². The van der Waals surface area contributed by atoms with Gasteiger partial charge in [0, 0.05) is 17.0 Å². The fourth-order valence-electron chi connectivity index (χ4n) is 3.61. The smallest absolute Gasteiger partial charge is 0.256 e. The zero-order chi connectivity index (χ0) is 23.4. The minimum atomic E-state index is -0.290. The summed E-state index contributed by atoms with van der Waals surface area (Å²) in [5, 5.41) is 3.68. The van der Waals surface area contributed by atoms with E-state index < -0.39 is 0 Å². The number of benzene rings is 3. The number of para-hydroxylation sites is 1. The Bertz CT molecular complexity index is 1320. The van der Waals surface area contributed by atoms with Crippen molar-refractivity contribution >= 4 is 22.5 Å². The number of aromatic nitrogens is 1. The molecule has 4 aromatic rings. The predicted octanol–water partition coefficient (Wildman–Crippen LogP) is 5.19. The highest BCUT2D eigenvalue weighted by molar-refractivity contribution is 6.13. The summed E-state index contributed by atoms with van der Waals surface area (Å²) in [6.45, 7) is 0. The van der Waals surface area contributed by atoms with E-state index in [1.54, 1.807) is 52.7 Å². The summed E-state index contributed by atoms with van der Waals surface area (Å²) in [5.74, 6) is 2.04. The third-order valence-corrected chi connectivity index (χ3v) is 5.29. The highest BCUT2D eigenvalue weighted by atomic mass is 16.5. The topological polar surface area (TPSA) is 78.9 Å². The molecule has 0 bridgehead atoms. The minimum Gasteiger partial charge on any atom is -0.497 e. The van der Waals surface area contributed by atoms with Gasteiger partial charge in [0.25, 0.3) is 5.91 Å². The summed E-state index contributed by atoms with van der Waals surface area (Å²) < 4.78 is 21.5. The number of hydrogen-bond acceptors (Lipinski definition) is 6. The van der Waals surface area contributed by atoms with Gasteiger partial charge in [-0.3, -0.25) is 4.79 Å². The SMILES string of the molecule is COc1ccc(OC)c(NC(=O)c2cc(-c3ccc(OC)c(OC)c3)nc3ccccc23)c1. The molecule has 0 fully saturated rings. The van der Waals surface area contributed by atoms with Crippen molar-refractivity contribution in [1.82, 2.24) is 4.98 Å². The van der Waals surface area contributed by atoms with Crippen molar-refractivity contribution in [1.29, 1.82) is 0 Å². The number of carbonyl (C=O) groups is 1. The molecule has 1 N–H and O–H groups in total. The first-order valence-electron chi connectivity index (χ1n) is 10.2. The lowest BCUT2D eigenvalue weighted by molar-refractivity contribution is 0.102. The summed E-state index contributed by atoms with van der Waals surface area (Å²) >= 11 is 0. The van der Waals surface area contributed by atoms with Crippen LogP contribution in [0.5, 0.6) is 23.0 Å². The molecular weight excluding hydrogens is 420 g/mol. The van der Waals surface area contributed by atoms with Crippen LogP contribution >= 0.6 is 0 Å². The van der Waals surface area contributed by atoms with Gasteiger partial charge < -0.3 is 24.3 Å². The van der Waals surface area contributed by atoms with Crippen molar-refractivity contribution < 1.29 is 23.7 Å². The number of pyridine rings is 1. The minimum absolute atomic E-state index is 0.290. The highest BCUT2D eigenvalue weighted by Crippen LogP contribution is 2.34. The molecule has 7 nitrogen and oxygen atoms in total. The number of rotatable bonds is 7. The molecule has 0 spiro atoms. The highest BCUT2D eigenvalue weighted by Gasteiger charge is 2.17. The average Bonchev–Trinajstić information content (AvgIpc) is 2.87. The summed E-state index contributed by atoms with van der Waals surface area (Å²) in [4.78, 5) is 18.2. The Morgan fingerprint density at radius 3 is 2.21 bits per heavy atom. The van der Waals surface area contributed by atoms with Crippen molar-refractivity contribution in [2.24, 2.45) is 0 Å². The van der Waals surface area contributed by atoms with Crippen LogP contribution in [0.25, 0.3) is 22.2 Å². The first-order valence-corrected chi connectivity index (χ1v) is 10.2. The summed E-state index contributed by atoms with van der Waals surface area (Å²) in [6.07, 6.45) is 0. The average molecular weight is 444 g/mol. The molecule has 0 atom stereocenters. The van der Waals surface area contributed by atoms with E-state index in [4.69, 9.17) is 23.9 Å². The molecule has 0 saturated carbocycles. The number of ether oxygens (including phenoxy) is 4. The van der Waals surface area contributed by atoms with Crippen LogP contribution in [-0.2, 0) is 0 Å². The van der Waals surface area contributed by atoms with Crippen LogP contribution in [0.3, 0.4) is 0 Å². The molecule has 33 heavy (non-hydrogen) atoms. The van der Waals surface area contributed by atoms with Crippen molar-refractivity contribution in [3.63, 3.8) is 0 Å². The van der Waals surface area contributed by atoms with Crippen LogP contribution in [0.2, 0.25) is 0 Å². The van der Waals surface area contributed by atoms with Gasteiger partial charge in [0.05, 0.1) is 50.9 Å². The molecule has 1 aromatic heterocycles. The number of fused-ring (bicyclic) bond motifs is 1. The number of nitrogens with zero attached hydrogens (tertiary/aromatic N) is 1. The molecule has 1 heterocycles. The quantitative estimate of drug-likeness (QED) is 0.423. The Labute approximate surface area is 191 Å². The first kappa shape index (κ1) is 22.0. The zero-order valence-electron chi connectivity index (χ0n) is 18.8. The Kier molecular flexibility index (Phi) is 6.31. The maximum atomic E-state index is 13.4. The lowest BCUT2D eigenvalue weighted by Crippen LogP contribution is -2.14. The second-order valence-electron chi connectivity index (χ2n) is 7.16. The van der Waals surface area contributed by atoms with Gasteiger partial charge in [-0.2, -0.15) is 0 Å². The third-order valence-electron chi connectivity index (χ3n) is 5.29. The van der Waals surface area contributed by atoms with Crippen LogP contribution < -0.4 is 24.3 Å². The van der Waals surface area contributed by atoms with Gasteiger partial charge in [0.2, 0.25) is 0 Å². The van der Waals surface area contributed by atoms with Gasteiger partial charge in [-0.15, -0.1) is 0 Å². The lowest BCUT2D eigenvalue weighted by Gasteiger charge is -2.14. The zero-order valence-corrected chi connectivity index (χ0v) is 18.8. The largest absolute Gasteiger partial charge is 0.497 e. The van der Waals surface area contributed by atoms with E-state index in [1.807, 2.05) is 42.5 Å². The van der Waals surface area contributed by atoms with E-state index >= 15 is 0 Å². The van der Waals surface area contributed by atoms with Gasteiger partial charge >= 0.3 is 0 Å². The molecule has 0 aliphatic heterocycles. The fourth-order valence-corrected chi connectivity index (χ4v) is 3.61. The normalized spacial score (nSPS) is 10.5. The maximum absolute atomic E-state index is 13.4. The maximum Gasteiger partial charge on any atom is 0.256 e. The Balaban J connectivity index is 1.81. The molecule has 1 amide bonds. The van der Waals surface area contributed by atoms with E-state index in [2.05, 4.69) is 5.32 Å². The van der Waals surface area contributed by atoms with Crippen molar-refractivity contribution in [2.45, 2.75) is 0 Å². The van der Waals surface area contributed by atoms with E-state index in [1.165, 1.54) is 0 Å². The molecule has 0 unspecified atom stereocenters. The number of methoxy groups -OCH3 is 4. The second kappa shape index (κ2) is 9.48. The fraction of sp³-hybridized carbons (Fsp3) is 0.154. The number of amides is 1. The Hall–Kier alpha value is -4.26. The van der Waals surface area contributed by atoms with Crippen molar-refractivity contribution in [2.75, 3.05) is 33.8 Å². The predicted molar refractivity (Wildman–Crippen MR) is 128 cm³/mol. The molecule has 3 aromatic carbocycles. The summed E-state index contributed by atoms with van der Waals surface area (Å²) in [7, 11) is 6.28. The molecule has 0 aliphatic rings. The van der Waals surface area contributed by atoms with E-state index in [0.717, 1.165) is 10.9 Å². The number of carbonyl (C=O) groups excluding carboxylic acids is 1. The van der Waals surface area contributed by atoms with E-state index in [-0.39, 0.29) is 5.91 Å². The number of anilines is 1. The van der Waals surface area contributed by atoms with Gasteiger partial charge in [0.1, 0.15) is 11.5 Å². The first-order chi connectivity index (χ1) is 16.1. The lowest BCUT2D eigenvalue weighted by atomic mass is 10.0. The van der Waals surface area contributed by atoms with Crippen LogP contribution in [0, 0.1) is 0 Å². The molecule has 4 rings (SSSR count). The summed E-state index contributed by atoms with van der Waals surface area (Å²) in [6, 6.07) is 20.0. The molecular formula is C26H24N2O5. The molecule has 7 heteroatoms. The van der Waals surface area contributed by atoms with Crippen molar-refractivity contribution in [3.8, 4) is 34.3 Å². The molecule has 0 aliphatic carbocycles. The van der Waals surface area contributed by atoms with Crippen LogP contribution in [0.15, 0.2) is 66.7 Å². The Morgan fingerprint density at radius 2 is 1.48 bits per heavy atom. The van der Waals surface area contributed by atoms with Crippen LogP contribution in [-0.4, -0.2) is 39.3 Å². The number of hydrogen-bond donors (Lipinski definition) is 1. The van der Waals surface area contributed by atoms with E-state index in [9.17, 15) is 4.79 Å². The summed E-state index contributed by atoms with van der Waals surface area (Å²) in [5.41, 5.74) is 3.13. The monoisotopic (exact) mass is 444 g/mol. The van der Waals surface area contributed by atoms with Gasteiger partial charge in [-0.05, 0) is 42.5 Å². The Morgan fingerprint density at radius 1 is 0.758 bits per heavy atom. The molecule has 0 radical (unpaired) electrons. The third kappa shape index (κ3) is 4.39. The molecule has 0 saturated heterocycles. The molecule has 168 valence electrons. The standard InChI is InChI=1S/C26H24N2O5/c1-30-17-10-12-23(31-2)22(14-17)28-26(29)19-15-21(27-20-8-6-5-7-18(19)20)16-9-11-24(32-3)25(13-16)33-4/h5-15H,1-4H3,(H,28,29). The van der Waals surface area contributed by atoms with Crippen molar-refractivity contribution in [3.05, 3.63) is 72.3 Å². The van der Waals surface area contributed by atoms with Crippen LogP contribution in [0.1, 0.15) is 10.4 Å². The second-order valence-corrected chi connectivity index (χ2v) is 7.16.